The number of ether oxygens (including phenoxy) is 1. The van der Waals surface area contributed by atoms with Crippen LogP contribution in [0, 0.1) is 0 Å². The Morgan fingerprint density at radius 3 is 2.67 bits per heavy atom. The van der Waals surface area contributed by atoms with Gasteiger partial charge in [0.15, 0.2) is 0 Å². The van der Waals surface area contributed by atoms with E-state index < -0.39 is 0 Å². The number of hydrogen-bond donors (Lipinski definition) is 1. The summed E-state index contributed by atoms with van der Waals surface area (Å²) in [6.45, 7) is 5.21. The maximum atomic E-state index is 11.3. The van der Waals surface area contributed by atoms with Gasteiger partial charge in [-0.1, -0.05) is 26.2 Å². The third-order valence-corrected chi connectivity index (χ3v) is 3.13. The van der Waals surface area contributed by atoms with Crippen LogP contribution in [0.25, 0.3) is 0 Å². The Kier molecular flexibility index (Phi) is 5.09. The minimum Gasteiger partial charge on any atom is -0.465 e. The van der Waals surface area contributed by atoms with Gasteiger partial charge in [0.2, 0.25) is 0 Å². The Bertz CT molecular complexity index is 198. The van der Waals surface area contributed by atoms with Crippen LogP contribution in [0.1, 0.15) is 52.4 Å². The van der Waals surface area contributed by atoms with E-state index in [1.165, 1.54) is 25.7 Å². The lowest BCUT2D eigenvalue weighted by molar-refractivity contribution is -0.143. The van der Waals surface area contributed by atoms with Gasteiger partial charge in [-0.05, 0) is 26.2 Å². The minimum atomic E-state index is -0.114. The van der Waals surface area contributed by atoms with Gasteiger partial charge in [0.1, 0.15) is 0 Å². The Morgan fingerprint density at radius 1 is 1.40 bits per heavy atom. The summed E-state index contributed by atoms with van der Waals surface area (Å²) >= 11 is 0. The third-order valence-electron chi connectivity index (χ3n) is 3.13. The van der Waals surface area contributed by atoms with E-state index in [0.29, 0.717) is 13.2 Å². The van der Waals surface area contributed by atoms with Crippen molar-refractivity contribution in [1.82, 2.24) is 5.32 Å². The van der Waals surface area contributed by atoms with Crippen LogP contribution in [0.3, 0.4) is 0 Å². The summed E-state index contributed by atoms with van der Waals surface area (Å²) in [5.74, 6) is -0.114. The average Bonchev–Trinajstić information content (AvgIpc) is 2.64. The molecule has 0 heterocycles. The van der Waals surface area contributed by atoms with Crippen molar-refractivity contribution in [3.63, 3.8) is 0 Å². The molecule has 0 atom stereocenters. The van der Waals surface area contributed by atoms with E-state index >= 15 is 0 Å². The molecular weight excluding hydrogens is 190 g/mol. The molecule has 1 rings (SSSR count). The second-order valence-electron chi connectivity index (χ2n) is 4.70. The smallest absolute Gasteiger partial charge is 0.319 e. The fourth-order valence-corrected chi connectivity index (χ4v) is 2.00. The SMILES string of the molecule is CCCCOC(=O)CNC1(C)CCCC1. The number of carbonyl (C=O) groups excluding carboxylic acids is 1. The monoisotopic (exact) mass is 213 g/mol. The number of nitrogens with one attached hydrogen (secondary N) is 1. The molecule has 0 aromatic carbocycles. The predicted octanol–water partition coefficient (Wildman–Crippen LogP) is 2.25. The van der Waals surface area contributed by atoms with Crippen LogP contribution in [-0.2, 0) is 9.53 Å². The number of rotatable bonds is 6. The highest BCUT2D eigenvalue weighted by atomic mass is 16.5. The molecule has 0 spiro atoms. The second-order valence-corrected chi connectivity index (χ2v) is 4.70. The van der Waals surface area contributed by atoms with E-state index in [0.717, 1.165) is 12.8 Å². The summed E-state index contributed by atoms with van der Waals surface area (Å²) in [6, 6.07) is 0. The number of carbonyl (C=O) groups is 1. The first-order chi connectivity index (χ1) is 7.16. The van der Waals surface area contributed by atoms with Gasteiger partial charge < -0.3 is 10.1 Å². The number of unbranched alkanes of at least 4 members (excludes halogenated alkanes) is 1. The van der Waals surface area contributed by atoms with Crippen LogP contribution < -0.4 is 5.32 Å². The Hall–Kier alpha value is -0.570. The van der Waals surface area contributed by atoms with Crippen molar-refractivity contribution in [3.8, 4) is 0 Å². The molecule has 0 bridgehead atoms. The van der Waals surface area contributed by atoms with Crippen molar-refractivity contribution in [3.05, 3.63) is 0 Å². The number of esters is 1. The van der Waals surface area contributed by atoms with E-state index in [9.17, 15) is 4.79 Å². The lowest BCUT2D eigenvalue weighted by atomic mass is 10.0. The highest BCUT2D eigenvalue weighted by molar-refractivity contribution is 5.71. The molecule has 0 radical (unpaired) electrons. The Labute approximate surface area is 92.6 Å². The fourth-order valence-electron chi connectivity index (χ4n) is 2.00. The summed E-state index contributed by atoms with van der Waals surface area (Å²) in [6.07, 6.45) is 6.93. The van der Waals surface area contributed by atoms with Gasteiger partial charge in [0.05, 0.1) is 13.2 Å². The zero-order chi connectivity index (χ0) is 11.1. The zero-order valence-corrected chi connectivity index (χ0v) is 9.97. The topological polar surface area (TPSA) is 38.3 Å². The molecule has 0 aromatic heterocycles. The van der Waals surface area contributed by atoms with Crippen molar-refractivity contribution in [2.24, 2.45) is 0 Å². The van der Waals surface area contributed by atoms with E-state index in [1.807, 2.05) is 0 Å². The van der Waals surface area contributed by atoms with Gasteiger partial charge in [-0.15, -0.1) is 0 Å². The molecule has 1 saturated carbocycles. The van der Waals surface area contributed by atoms with Crippen LogP contribution in [0.15, 0.2) is 0 Å². The van der Waals surface area contributed by atoms with Crippen molar-refractivity contribution in [2.75, 3.05) is 13.2 Å². The molecule has 0 unspecified atom stereocenters. The minimum absolute atomic E-state index is 0.114. The van der Waals surface area contributed by atoms with E-state index in [2.05, 4.69) is 19.2 Å². The first kappa shape index (κ1) is 12.5. The lowest BCUT2D eigenvalue weighted by Crippen LogP contribution is -2.42. The maximum absolute atomic E-state index is 11.3. The predicted molar refractivity (Wildman–Crippen MR) is 60.7 cm³/mol. The van der Waals surface area contributed by atoms with Gasteiger partial charge in [-0.25, -0.2) is 0 Å². The number of hydrogen-bond acceptors (Lipinski definition) is 3. The Morgan fingerprint density at radius 2 is 2.07 bits per heavy atom. The zero-order valence-electron chi connectivity index (χ0n) is 9.97. The molecule has 1 aliphatic rings. The van der Waals surface area contributed by atoms with E-state index in [-0.39, 0.29) is 11.5 Å². The molecular formula is C12H23NO2. The summed E-state index contributed by atoms with van der Waals surface area (Å²) in [5, 5.41) is 3.31. The second kappa shape index (κ2) is 6.11. The summed E-state index contributed by atoms with van der Waals surface area (Å²) in [7, 11) is 0. The molecule has 0 amide bonds. The van der Waals surface area contributed by atoms with Crippen molar-refractivity contribution in [2.45, 2.75) is 57.9 Å². The van der Waals surface area contributed by atoms with Gasteiger partial charge >= 0.3 is 5.97 Å². The van der Waals surface area contributed by atoms with Crippen LogP contribution in [0.4, 0.5) is 0 Å². The largest absolute Gasteiger partial charge is 0.465 e. The molecule has 1 N–H and O–H groups in total. The molecule has 1 aliphatic carbocycles. The van der Waals surface area contributed by atoms with Crippen LogP contribution >= 0.6 is 0 Å². The van der Waals surface area contributed by atoms with E-state index in [4.69, 9.17) is 4.74 Å². The molecule has 0 aromatic rings. The summed E-state index contributed by atoms with van der Waals surface area (Å²) in [4.78, 5) is 11.3. The highest BCUT2D eigenvalue weighted by Gasteiger charge is 2.28. The van der Waals surface area contributed by atoms with Crippen molar-refractivity contribution < 1.29 is 9.53 Å². The van der Waals surface area contributed by atoms with Crippen LogP contribution in [0.5, 0.6) is 0 Å². The van der Waals surface area contributed by atoms with Crippen LogP contribution in [-0.4, -0.2) is 24.7 Å². The molecule has 0 saturated heterocycles. The highest BCUT2D eigenvalue weighted by Crippen LogP contribution is 2.28. The fraction of sp³-hybridized carbons (Fsp3) is 0.917. The van der Waals surface area contributed by atoms with E-state index in [1.54, 1.807) is 0 Å². The molecule has 1 fully saturated rings. The average molecular weight is 213 g/mol. The van der Waals surface area contributed by atoms with Gasteiger partial charge in [-0.2, -0.15) is 0 Å². The quantitative estimate of drug-likeness (QED) is 0.543. The molecule has 3 heteroatoms. The normalized spacial score (nSPS) is 19.1. The van der Waals surface area contributed by atoms with Gasteiger partial charge in [0, 0.05) is 5.54 Å². The van der Waals surface area contributed by atoms with Crippen molar-refractivity contribution >= 4 is 5.97 Å². The van der Waals surface area contributed by atoms with Gasteiger partial charge in [0.25, 0.3) is 0 Å². The standard InChI is InChI=1S/C12H23NO2/c1-3-4-9-15-11(14)10-13-12(2)7-5-6-8-12/h13H,3-10H2,1-2H3. The molecule has 0 aliphatic heterocycles. The summed E-state index contributed by atoms with van der Waals surface area (Å²) in [5.41, 5.74) is 0.170. The molecule has 15 heavy (non-hydrogen) atoms. The van der Waals surface area contributed by atoms with Crippen LogP contribution in [0.2, 0.25) is 0 Å². The third kappa shape index (κ3) is 4.65. The lowest BCUT2D eigenvalue weighted by Gasteiger charge is -2.24. The maximum Gasteiger partial charge on any atom is 0.319 e. The molecule has 88 valence electrons. The Balaban J connectivity index is 2.10. The summed E-state index contributed by atoms with van der Waals surface area (Å²) < 4.78 is 5.09. The first-order valence-corrected chi connectivity index (χ1v) is 6.07. The molecule has 3 nitrogen and oxygen atoms in total. The first-order valence-electron chi connectivity index (χ1n) is 6.07. The van der Waals surface area contributed by atoms with Gasteiger partial charge in [-0.3, -0.25) is 4.79 Å². The van der Waals surface area contributed by atoms with Crippen molar-refractivity contribution in [1.29, 1.82) is 0 Å².